The molecule has 0 aliphatic heterocycles. The molecule has 0 aliphatic rings. The minimum atomic E-state index is -0.107. The summed E-state index contributed by atoms with van der Waals surface area (Å²) in [6, 6.07) is 15.3. The molecule has 1 amide bonds. The van der Waals surface area contributed by atoms with Crippen molar-refractivity contribution in [2.75, 3.05) is 5.32 Å². The maximum Gasteiger partial charge on any atom is 0.255 e. The van der Waals surface area contributed by atoms with Crippen LogP contribution >= 0.6 is 11.6 Å². The number of nitrogens with one attached hydrogen (secondary N) is 1. The van der Waals surface area contributed by atoms with E-state index in [1.165, 1.54) is 0 Å². The summed E-state index contributed by atoms with van der Waals surface area (Å²) in [5.74, 6) is -0.107. The average Bonchev–Trinajstić information content (AvgIpc) is 3.01. The maximum atomic E-state index is 12.4. The van der Waals surface area contributed by atoms with Gasteiger partial charge in [-0.25, -0.2) is 0 Å². The molecule has 3 aromatic rings. The zero-order valence-electron chi connectivity index (χ0n) is 13.4. The minimum absolute atomic E-state index is 0.107. The molecule has 2 aromatic carbocycles. The summed E-state index contributed by atoms with van der Waals surface area (Å²) in [5.41, 5.74) is 3.67. The molecule has 0 fully saturated rings. The van der Waals surface area contributed by atoms with Crippen LogP contribution in [0.1, 0.15) is 28.4 Å². The lowest BCUT2D eigenvalue weighted by Crippen LogP contribution is -2.13. The van der Waals surface area contributed by atoms with E-state index in [-0.39, 0.29) is 5.91 Å². The molecule has 0 aliphatic carbocycles. The second kappa shape index (κ2) is 7.32. The number of aryl methyl sites for hydroxylation is 1. The molecule has 0 atom stereocenters. The molecule has 4 nitrogen and oxygen atoms in total. The number of hydrogen-bond acceptors (Lipinski definition) is 2. The second-order valence-electron chi connectivity index (χ2n) is 5.52. The monoisotopic (exact) mass is 339 g/mol. The summed E-state index contributed by atoms with van der Waals surface area (Å²) in [6.07, 6.45) is 4.25. The van der Waals surface area contributed by atoms with Crippen molar-refractivity contribution in [3.8, 4) is 0 Å². The zero-order chi connectivity index (χ0) is 16.9. The highest BCUT2D eigenvalue weighted by atomic mass is 35.5. The number of anilines is 1. The summed E-state index contributed by atoms with van der Waals surface area (Å²) < 4.78 is 1.76. The number of nitrogens with zero attached hydrogens (tertiary/aromatic N) is 2. The topological polar surface area (TPSA) is 46.9 Å². The summed E-state index contributed by atoms with van der Waals surface area (Å²) in [6.45, 7) is 2.69. The first-order chi connectivity index (χ1) is 11.7. The lowest BCUT2D eigenvalue weighted by Gasteiger charge is -2.10. The first kappa shape index (κ1) is 16.3. The number of hydrogen-bond donors (Lipinski definition) is 1. The van der Waals surface area contributed by atoms with Crippen LogP contribution in [0.15, 0.2) is 60.9 Å². The van der Waals surface area contributed by atoms with Gasteiger partial charge >= 0.3 is 0 Å². The molecule has 0 saturated carbocycles. The van der Waals surface area contributed by atoms with Gasteiger partial charge in [0.15, 0.2) is 0 Å². The number of amides is 1. The van der Waals surface area contributed by atoms with Crippen LogP contribution in [-0.4, -0.2) is 15.7 Å². The van der Waals surface area contributed by atoms with Crippen molar-refractivity contribution in [2.24, 2.45) is 0 Å². The Hall–Kier alpha value is -2.59. The Balaban J connectivity index is 1.69. The highest BCUT2D eigenvalue weighted by molar-refractivity contribution is 6.30. The van der Waals surface area contributed by atoms with Gasteiger partial charge in [0.05, 0.1) is 17.8 Å². The van der Waals surface area contributed by atoms with Crippen LogP contribution in [0.2, 0.25) is 5.02 Å². The molecular formula is C19H18ClN3O. The molecule has 0 spiro atoms. The van der Waals surface area contributed by atoms with Crippen molar-refractivity contribution in [3.05, 3.63) is 82.6 Å². The number of halogens is 1. The van der Waals surface area contributed by atoms with Crippen molar-refractivity contribution in [1.29, 1.82) is 0 Å². The molecular weight excluding hydrogens is 322 g/mol. The van der Waals surface area contributed by atoms with E-state index >= 15 is 0 Å². The lowest BCUT2D eigenvalue weighted by atomic mass is 10.1. The summed E-state index contributed by atoms with van der Waals surface area (Å²) in [5, 5.41) is 7.74. The average molecular weight is 340 g/mol. The van der Waals surface area contributed by atoms with Crippen LogP contribution in [0.3, 0.4) is 0 Å². The predicted molar refractivity (Wildman–Crippen MR) is 96.6 cm³/mol. The van der Waals surface area contributed by atoms with Crippen LogP contribution in [0.25, 0.3) is 0 Å². The fourth-order valence-electron chi connectivity index (χ4n) is 2.52. The van der Waals surface area contributed by atoms with Gasteiger partial charge in [-0.2, -0.15) is 5.10 Å². The first-order valence-corrected chi connectivity index (χ1v) is 8.19. The molecule has 0 radical (unpaired) electrons. The quantitative estimate of drug-likeness (QED) is 0.749. The molecule has 5 heteroatoms. The van der Waals surface area contributed by atoms with Crippen molar-refractivity contribution in [3.63, 3.8) is 0 Å². The van der Waals surface area contributed by atoms with Gasteiger partial charge < -0.3 is 5.32 Å². The number of aromatic nitrogens is 2. The van der Waals surface area contributed by atoms with Crippen molar-refractivity contribution >= 4 is 23.2 Å². The number of carbonyl (C=O) groups excluding carboxylic acids is 1. The Morgan fingerprint density at radius 1 is 1.17 bits per heavy atom. The zero-order valence-corrected chi connectivity index (χ0v) is 14.1. The molecule has 122 valence electrons. The third kappa shape index (κ3) is 3.84. The van der Waals surface area contributed by atoms with Crippen LogP contribution in [0, 0.1) is 0 Å². The Morgan fingerprint density at radius 2 is 1.92 bits per heavy atom. The number of carbonyl (C=O) groups is 1. The van der Waals surface area contributed by atoms with Gasteiger partial charge in [0.2, 0.25) is 0 Å². The molecule has 1 aromatic heterocycles. The van der Waals surface area contributed by atoms with Crippen LogP contribution < -0.4 is 5.32 Å². The first-order valence-electron chi connectivity index (χ1n) is 7.82. The second-order valence-corrected chi connectivity index (χ2v) is 5.95. The fraction of sp³-hybridized carbons (Fsp3) is 0.158. The Labute approximate surface area is 146 Å². The highest BCUT2D eigenvalue weighted by Crippen LogP contribution is 2.17. The number of rotatable bonds is 5. The van der Waals surface area contributed by atoms with E-state index in [1.54, 1.807) is 17.1 Å². The maximum absolute atomic E-state index is 12.4. The van der Waals surface area contributed by atoms with E-state index in [2.05, 4.69) is 17.3 Å². The molecule has 1 N–H and O–H groups in total. The molecule has 0 bridgehead atoms. The fourth-order valence-corrected chi connectivity index (χ4v) is 2.67. The molecule has 1 heterocycles. The molecule has 0 unspecified atom stereocenters. The van der Waals surface area contributed by atoms with E-state index in [0.29, 0.717) is 17.1 Å². The van der Waals surface area contributed by atoms with Crippen molar-refractivity contribution < 1.29 is 4.79 Å². The SMILES string of the molecule is CCc1ccccc1NC(=O)c1ccc(Cn2cc(Cl)cn2)cc1. The van der Waals surface area contributed by atoms with Gasteiger partial charge in [0.25, 0.3) is 5.91 Å². The van der Waals surface area contributed by atoms with E-state index in [4.69, 9.17) is 11.6 Å². The molecule has 0 saturated heterocycles. The van der Waals surface area contributed by atoms with Gasteiger partial charge in [-0.1, -0.05) is 48.9 Å². The molecule has 3 rings (SSSR count). The Bertz CT molecular complexity index is 840. The highest BCUT2D eigenvalue weighted by Gasteiger charge is 2.08. The van der Waals surface area contributed by atoms with E-state index in [0.717, 1.165) is 23.2 Å². The number of benzene rings is 2. The molecule has 24 heavy (non-hydrogen) atoms. The summed E-state index contributed by atoms with van der Waals surface area (Å²) in [7, 11) is 0. The third-order valence-electron chi connectivity index (χ3n) is 3.81. The van der Waals surface area contributed by atoms with E-state index in [9.17, 15) is 4.79 Å². The van der Waals surface area contributed by atoms with E-state index in [1.807, 2.05) is 48.5 Å². The Morgan fingerprint density at radius 3 is 2.58 bits per heavy atom. The van der Waals surface area contributed by atoms with Crippen molar-refractivity contribution in [1.82, 2.24) is 9.78 Å². The van der Waals surface area contributed by atoms with Gasteiger partial charge in [-0.3, -0.25) is 9.48 Å². The summed E-state index contributed by atoms with van der Waals surface area (Å²) in [4.78, 5) is 12.4. The normalized spacial score (nSPS) is 10.6. The standard InChI is InChI=1S/C19H18ClN3O/c1-2-15-5-3-4-6-18(15)22-19(24)16-9-7-14(8-10-16)12-23-13-17(20)11-21-23/h3-11,13H,2,12H2,1H3,(H,22,24). The van der Waals surface area contributed by atoms with E-state index < -0.39 is 0 Å². The van der Waals surface area contributed by atoms with Gasteiger partial charge in [-0.05, 0) is 35.7 Å². The van der Waals surface area contributed by atoms with Gasteiger partial charge in [0, 0.05) is 17.4 Å². The van der Waals surface area contributed by atoms with Crippen molar-refractivity contribution in [2.45, 2.75) is 19.9 Å². The predicted octanol–water partition coefficient (Wildman–Crippen LogP) is 4.40. The van der Waals surface area contributed by atoms with Gasteiger partial charge in [-0.15, -0.1) is 0 Å². The van der Waals surface area contributed by atoms with Gasteiger partial charge in [0.1, 0.15) is 0 Å². The third-order valence-corrected chi connectivity index (χ3v) is 4.00. The smallest absolute Gasteiger partial charge is 0.255 e. The lowest BCUT2D eigenvalue weighted by molar-refractivity contribution is 0.102. The largest absolute Gasteiger partial charge is 0.322 e. The van der Waals surface area contributed by atoms with Crippen LogP contribution in [0.4, 0.5) is 5.69 Å². The van der Waals surface area contributed by atoms with Crippen LogP contribution in [0.5, 0.6) is 0 Å². The Kier molecular flexibility index (Phi) is 4.96. The summed E-state index contributed by atoms with van der Waals surface area (Å²) >= 11 is 5.86. The number of para-hydroxylation sites is 1. The van der Waals surface area contributed by atoms with Crippen LogP contribution in [-0.2, 0) is 13.0 Å². The minimum Gasteiger partial charge on any atom is -0.322 e.